The van der Waals surface area contributed by atoms with Crippen molar-refractivity contribution in [3.05, 3.63) is 59.3 Å². The van der Waals surface area contributed by atoms with Crippen LogP contribution in [-0.4, -0.2) is 34.7 Å². The predicted octanol–water partition coefficient (Wildman–Crippen LogP) is 4.15. The average molecular weight is 435 g/mol. The van der Waals surface area contributed by atoms with Gasteiger partial charge in [-0.2, -0.15) is 23.0 Å². The van der Waals surface area contributed by atoms with E-state index in [2.05, 4.69) is 35.3 Å². The number of fused-ring (bicyclic) bond motifs is 1. The Balaban J connectivity index is 1.74. The lowest BCUT2D eigenvalue weighted by molar-refractivity contribution is -0.136. The normalized spacial score (nSPS) is 12.9. The molecule has 0 saturated carbocycles. The quantitative estimate of drug-likeness (QED) is 0.515. The van der Waals surface area contributed by atoms with Crippen molar-refractivity contribution in [3.63, 3.8) is 0 Å². The van der Waals surface area contributed by atoms with E-state index < -0.39 is 17.8 Å². The van der Waals surface area contributed by atoms with Gasteiger partial charge in [-0.15, -0.1) is 0 Å². The molecule has 0 radical (unpaired) electrons. The highest BCUT2D eigenvalue weighted by atomic mass is 35.5. The van der Waals surface area contributed by atoms with Crippen LogP contribution < -0.4 is 5.32 Å². The number of benzene rings is 1. The van der Waals surface area contributed by atoms with E-state index in [1.165, 1.54) is 23.4 Å². The van der Waals surface area contributed by atoms with E-state index in [1.54, 1.807) is 13.0 Å². The van der Waals surface area contributed by atoms with Crippen LogP contribution in [0.1, 0.15) is 30.0 Å². The Morgan fingerprint density at radius 1 is 1.00 bits per heavy atom. The van der Waals surface area contributed by atoms with Crippen molar-refractivity contribution in [2.24, 2.45) is 0 Å². The molecule has 0 amide bonds. The molecule has 154 valence electrons. The van der Waals surface area contributed by atoms with Crippen molar-refractivity contribution in [2.45, 2.75) is 26.1 Å². The minimum Gasteiger partial charge on any atom is -0.360 e. The summed E-state index contributed by atoms with van der Waals surface area (Å²) >= 11 is 5.93. The van der Waals surface area contributed by atoms with Crippen molar-refractivity contribution in [1.29, 1.82) is 0 Å². The fraction of sp³-hybridized carbons (Fsp3) is 0.222. The first-order valence-electron chi connectivity index (χ1n) is 8.71. The molecule has 0 spiro atoms. The molecule has 0 fully saturated rings. The molecular weight excluding hydrogens is 421 g/mol. The lowest BCUT2D eigenvalue weighted by atomic mass is 10.1. The molecule has 3 aromatic heterocycles. The van der Waals surface area contributed by atoms with Gasteiger partial charge in [0.2, 0.25) is 0 Å². The topological polar surface area (TPSA) is 94.3 Å². The smallest absolute Gasteiger partial charge is 0.360 e. The highest BCUT2D eigenvalue weighted by Gasteiger charge is 2.34. The van der Waals surface area contributed by atoms with E-state index in [9.17, 15) is 13.2 Å². The Bertz CT molecular complexity index is 1220. The third kappa shape index (κ3) is 3.75. The van der Waals surface area contributed by atoms with Gasteiger partial charge in [-0.25, -0.2) is 24.9 Å². The van der Waals surface area contributed by atoms with Crippen molar-refractivity contribution in [3.8, 4) is 5.82 Å². The van der Waals surface area contributed by atoms with Gasteiger partial charge in [-0.3, -0.25) is 0 Å². The monoisotopic (exact) mass is 434 g/mol. The van der Waals surface area contributed by atoms with Crippen LogP contribution in [0.2, 0.25) is 5.02 Å². The summed E-state index contributed by atoms with van der Waals surface area (Å²) < 4.78 is 41.8. The van der Waals surface area contributed by atoms with Crippen LogP contribution in [-0.2, 0) is 6.18 Å². The van der Waals surface area contributed by atoms with Gasteiger partial charge in [0.1, 0.15) is 24.8 Å². The fourth-order valence-electron chi connectivity index (χ4n) is 3.01. The van der Waals surface area contributed by atoms with Crippen LogP contribution >= 0.6 is 11.6 Å². The lowest BCUT2D eigenvalue weighted by Gasteiger charge is -2.17. The third-order valence-electron chi connectivity index (χ3n) is 4.33. The van der Waals surface area contributed by atoms with E-state index >= 15 is 0 Å². The third-order valence-corrected chi connectivity index (χ3v) is 4.55. The van der Waals surface area contributed by atoms with Gasteiger partial charge in [0.25, 0.3) is 0 Å². The van der Waals surface area contributed by atoms with Gasteiger partial charge in [-0.1, -0.05) is 11.6 Å². The number of alkyl halides is 3. The Labute approximate surface area is 173 Å². The molecule has 1 atom stereocenters. The van der Waals surface area contributed by atoms with Crippen molar-refractivity contribution >= 4 is 28.3 Å². The van der Waals surface area contributed by atoms with E-state index in [0.29, 0.717) is 11.6 Å². The summed E-state index contributed by atoms with van der Waals surface area (Å²) in [6, 6.07) is 3.49. The molecule has 0 aliphatic rings. The molecule has 0 aliphatic carbocycles. The summed E-state index contributed by atoms with van der Waals surface area (Å²) in [5, 5.41) is 7.34. The molecule has 0 bridgehead atoms. The Morgan fingerprint density at radius 3 is 2.50 bits per heavy atom. The van der Waals surface area contributed by atoms with E-state index in [1.807, 2.05) is 6.92 Å². The summed E-state index contributed by atoms with van der Waals surface area (Å²) in [4.78, 5) is 20.4. The van der Waals surface area contributed by atoms with Crippen molar-refractivity contribution < 1.29 is 13.2 Å². The standard InChI is InChI=1S/C18H14ClF3N8/c1-9-3-14(24-6-23-9)30-17(27-8-28-30)10(2)29-16-12-4-11(19)5-13(18(20,21)22)15(12)25-7-26-16/h3-8,10H,1-2H3,(H,25,26,29). The van der Waals surface area contributed by atoms with E-state index in [-0.39, 0.29) is 21.7 Å². The first kappa shape index (κ1) is 20.0. The molecule has 1 unspecified atom stereocenters. The number of aryl methyl sites for hydroxylation is 1. The Kier molecular flexibility index (Phi) is 4.98. The molecule has 0 saturated heterocycles. The molecule has 4 aromatic rings. The van der Waals surface area contributed by atoms with Gasteiger partial charge in [0, 0.05) is 22.2 Å². The summed E-state index contributed by atoms with van der Waals surface area (Å²) in [6.07, 6.45) is -0.765. The highest BCUT2D eigenvalue weighted by molar-refractivity contribution is 6.31. The zero-order chi connectivity index (χ0) is 21.5. The summed E-state index contributed by atoms with van der Waals surface area (Å²) in [6.45, 7) is 3.59. The number of hydrogen-bond donors (Lipinski definition) is 1. The largest absolute Gasteiger partial charge is 0.418 e. The number of aromatic nitrogens is 7. The average Bonchev–Trinajstić information content (AvgIpc) is 3.17. The van der Waals surface area contributed by atoms with Gasteiger partial charge in [0.15, 0.2) is 11.6 Å². The maximum absolute atomic E-state index is 13.4. The molecule has 8 nitrogen and oxygen atoms in total. The van der Waals surface area contributed by atoms with Crippen molar-refractivity contribution in [1.82, 2.24) is 34.7 Å². The van der Waals surface area contributed by atoms with Crippen molar-refractivity contribution in [2.75, 3.05) is 5.32 Å². The predicted molar refractivity (Wildman–Crippen MR) is 103 cm³/mol. The number of nitrogens with zero attached hydrogens (tertiary/aromatic N) is 7. The number of hydrogen-bond acceptors (Lipinski definition) is 7. The maximum atomic E-state index is 13.4. The van der Waals surface area contributed by atoms with Crippen LogP contribution in [0.3, 0.4) is 0 Å². The van der Waals surface area contributed by atoms with Crippen LogP contribution in [0.25, 0.3) is 16.7 Å². The summed E-state index contributed by atoms with van der Waals surface area (Å²) in [7, 11) is 0. The van der Waals surface area contributed by atoms with Crippen LogP contribution in [0, 0.1) is 6.92 Å². The van der Waals surface area contributed by atoms with Crippen LogP contribution in [0.4, 0.5) is 19.0 Å². The van der Waals surface area contributed by atoms with E-state index in [4.69, 9.17) is 11.6 Å². The second-order valence-electron chi connectivity index (χ2n) is 6.48. The SMILES string of the molecule is Cc1cc(-n2ncnc2C(C)Nc2ncnc3c(C(F)(F)F)cc(Cl)cc23)ncn1. The highest BCUT2D eigenvalue weighted by Crippen LogP contribution is 2.38. The van der Waals surface area contributed by atoms with Gasteiger partial charge < -0.3 is 5.32 Å². The molecule has 4 rings (SSSR count). The van der Waals surface area contributed by atoms with Crippen LogP contribution in [0.5, 0.6) is 0 Å². The first-order valence-corrected chi connectivity index (χ1v) is 9.09. The molecule has 0 aliphatic heterocycles. The molecular formula is C18H14ClF3N8. The first-order chi connectivity index (χ1) is 14.2. The number of nitrogens with one attached hydrogen (secondary N) is 1. The van der Waals surface area contributed by atoms with Crippen LogP contribution in [0.15, 0.2) is 37.2 Å². The maximum Gasteiger partial charge on any atom is 0.418 e. The zero-order valence-electron chi connectivity index (χ0n) is 15.7. The molecule has 12 heteroatoms. The Morgan fingerprint density at radius 2 is 1.77 bits per heavy atom. The molecule has 1 N–H and O–H groups in total. The zero-order valence-corrected chi connectivity index (χ0v) is 16.4. The molecule has 30 heavy (non-hydrogen) atoms. The lowest BCUT2D eigenvalue weighted by Crippen LogP contribution is -2.16. The van der Waals surface area contributed by atoms with E-state index in [0.717, 1.165) is 18.1 Å². The Hall–Kier alpha value is -3.34. The second-order valence-corrected chi connectivity index (χ2v) is 6.92. The number of halogens is 4. The summed E-state index contributed by atoms with van der Waals surface area (Å²) in [5.41, 5.74) is -0.426. The van der Waals surface area contributed by atoms with Gasteiger partial charge >= 0.3 is 6.18 Å². The minimum atomic E-state index is -4.61. The molecule has 3 heterocycles. The van der Waals surface area contributed by atoms with Gasteiger partial charge in [-0.05, 0) is 26.0 Å². The number of rotatable bonds is 4. The fourth-order valence-corrected chi connectivity index (χ4v) is 3.23. The number of anilines is 1. The summed E-state index contributed by atoms with van der Waals surface area (Å²) in [5.74, 6) is 1.19. The van der Waals surface area contributed by atoms with Gasteiger partial charge in [0.05, 0.1) is 17.1 Å². The minimum absolute atomic E-state index is 0.0695. The molecule has 1 aromatic carbocycles. The second kappa shape index (κ2) is 7.48.